The van der Waals surface area contributed by atoms with Crippen LogP contribution in [0.4, 0.5) is 11.4 Å². The van der Waals surface area contributed by atoms with E-state index in [1.54, 1.807) is 24.3 Å². The highest BCUT2D eigenvalue weighted by Crippen LogP contribution is 2.64. The molecule has 9 heteroatoms. The average Bonchev–Trinajstić information content (AvgIpc) is 3.53. The summed E-state index contributed by atoms with van der Waals surface area (Å²) in [4.78, 5) is 44.1. The highest BCUT2D eigenvalue weighted by atomic mass is 35.5. The zero-order chi connectivity index (χ0) is 28.8. The molecule has 3 N–H and O–H groups in total. The van der Waals surface area contributed by atoms with Crippen LogP contribution in [0.5, 0.6) is 0 Å². The molecule has 3 fully saturated rings. The molecular formula is C31H38ClN3O5. The maximum atomic E-state index is 14.4. The molecule has 2 unspecified atom stereocenters. The Morgan fingerprint density at radius 1 is 1.10 bits per heavy atom. The number of aryl methyl sites for hydroxylation is 1. The van der Waals surface area contributed by atoms with Crippen molar-refractivity contribution >= 4 is 40.7 Å². The Hall–Kier alpha value is -2.94. The van der Waals surface area contributed by atoms with Crippen LogP contribution in [0, 0.1) is 24.7 Å². The van der Waals surface area contributed by atoms with E-state index in [9.17, 15) is 19.5 Å². The maximum absolute atomic E-state index is 14.4. The molecule has 3 heterocycles. The summed E-state index contributed by atoms with van der Waals surface area (Å²) in [5, 5.41) is 16.8. The Bertz CT molecular complexity index is 1280. The minimum Gasteiger partial charge on any atom is -0.394 e. The van der Waals surface area contributed by atoms with E-state index in [0.717, 1.165) is 5.56 Å². The predicted octanol–water partition coefficient (Wildman–Crippen LogP) is 4.79. The van der Waals surface area contributed by atoms with Crippen LogP contribution >= 0.6 is 11.6 Å². The van der Waals surface area contributed by atoms with Crippen LogP contribution in [0.15, 0.2) is 48.5 Å². The molecule has 3 aliphatic heterocycles. The number of carbonyl (C=O) groups is 3. The Labute approximate surface area is 240 Å². The molecule has 214 valence electrons. The topological polar surface area (TPSA) is 108 Å². The summed E-state index contributed by atoms with van der Waals surface area (Å²) in [5.41, 5.74) is -0.170. The van der Waals surface area contributed by atoms with Gasteiger partial charge in [0, 0.05) is 5.69 Å². The van der Waals surface area contributed by atoms with E-state index in [2.05, 4.69) is 10.6 Å². The number of halogens is 1. The number of aliphatic hydroxyl groups excluding tert-OH is 1. The molecule has 0 saturated carbocycles. The van der Waals surface area contributed by atoms with E-state index in [0.29, 0.717) is 42.1 Å². The van der Waals surface area contributed by atoms with Crippen LogP contribution in [-0.2, 0) is 19.1 Å². The normalized spacial score (nSPS) is 29.5. The molecule has 40 heavy (non-hydrogen) atoms. The maximum Gasteiger partial charge on any atom is 0.250 e. The van der Waals surface area contributed by atoms with E-state index >= 15 is 0 Å². The summed E-state index contributed by atoms with van der Waals surface area (Å²) in [5.74, 6) is -2.51. The number of ether oxygens (including phenoxy) is 1. The number of anilines is 2. The first-order valence-electron chi connectivity index (χ1n) is 14.1. The molecule has 3 saturated heterocycles. The Morgan fingerprint density at radius 2 is 1.82 bits per heavy atom. The molecule has 3 aliphatic rings. The fraction of sp³-hybridized carbons (Fsp3) is 0.516. The van der Waals surface area contributed by atoms with Crippen molar-refractivity contribution in [3.05, 3.63) is 59.1 Å². The van der Waals surface area contributed by atoms with Crippen molar-refractivity contribution in [1.82, 2.24) is 4.90 Å². The Balaban J connectivity index is 1.59. The molecule has 1 spiro atoms. The summed E-state index contributed by atoms with van der Waals surface area (Å²) in [6, 6.07) is 12.9. The lowest BCUT2D eigenvalue weighted by molar-refractivity contribution is -0.148. The second-order valence-electron chi connectivity index (χ2n) is 11.8. The predicted molar refractivity (Wildman–Crippen MR) is 154 cm³/mol. The van der Waals surface area contributed by atoms with Crippen molar-refractivity contribution in [3.63, 3.8) is 0 Å². The number of hydrogen-bond acceptors (Lipinski definition) is 5. The number of fused-ring (bicyclic) bond motifs is 1. The van der Waals surface area contributed by atoms with Crippen LogP contribution in [-0.4, -0.2) is 57.6 Å². The molecule has 2 aromatic rings. The zero-order valence-electron chi connectivity index (χ0n) is 23.4. The van der Waals surface area contributed by atoms with Crippen molar-refractivity contribution < 1.29 is 24.2 Å². The molecule has 2 bridgehead atoms. The number of amides is 3. The van der Waals surface area contributed by atoms with E-state index in [1.807, 2.05) is 52.0 Å². The highest BCUT2D eigenvalue weighted by molar-refractivity contribution is 6.34. The summed E-state index contributed by atoms with van der Waals surface area (Å²) in [7, 11) is 0. The average molecular weight is 568 g/mol. The Morgan fingerprint density at radius 3 is 2.45 bits per heavy atom. The minimum atomic E-state index is -1.20. The lowest BCUT2D eigenvalue weighted by atomic mass is 9.65. The van der Waals surface area contributed by atoms with Gasteiger partial charge in [0.05, 0.1) is 40.8 Å². The SMILES string of the molecule is CC[C@@]12CCC3(O1)C(C(=O)Nc1c(C)cccc1Cl)N([C@@H](CO)CC(C)C)C(=O)[C@@H]3[C@@H]2C(=O)Nc1ccccc1. The van der Waals surface area contributed by atoms with E-state index < -0.39 is 41.0 Å². The number of hydrogen-bond donors (Lipinski definition) is 3. The van der Waals surface area contributed by atoms with Gasteiger partial charge in [-0.1, -0.05) is 62.7 Å². The molecule has 0 aromatic heterocycles. The lowest BCUT2D eigenvalue weighted by Gasteiger charge is -2.38. The fourth-order valence-electron chi connectivity index (χ4n) is 7.29. The van der Waals surface area contributed by atoms with Gasteiger partial charge in [-0.3, -0.25) is 14.4 Å². The van der Waals surface area contributed by atoms with E-state index in [-0.39, 0.29) is 24.3 Å². The first kappa shape index (κ1) is 28.6. The number of para-hydroxylation sites is 2. The van der Waals surface area contributed by atoms with Gasteiger partial charge in [-0.2, -0.15) is 0 Å². The quantitative estimate of drug-likeness (QED) is 0.404. The molecule has 3 amide bonds. The van der Waals surface area contributed by atoms with Crippen molar-refractivity contribution in [3.8, 4) is 0 Å². The number of rotatable bonds is 9. The molecule has 2 aromatic carbocycles. The van der Waals surface area contributed by atoms with Gasteiger partial charge in [-0.25, -0.2) is 0 Å². The molecule has 5 rings (SSSR count). The first-order valence-corrected chi connectivity index (χ1v) is 14.5. The minimum absolute atomic E-state index is 0.161. The van der Waals surface area contributed by atoms with Crippen molar-refractivity contribution in [2.75, 3.05) is 17.2 Å². The number of nitrogens with zero attached hydrogens (tertiary/aromatic N) is 1. The number of nitrogens with one attached hydrogen (secondary N) is 2. The van der Waals surface area contributed by atoms with Crippen molar-refractivity contribution in [2.24, 2.45) is 17.8 Å². The molecular weight excluding hydrogens is 530 g/mol. The van der Waals surface area contributed by atoms with Crippen LogP contribution in [0.2, 0.25) is 5.02 Å². The van der Waals surface area contributed by atoms with Gasteiger partial charge in [-0.15, -0.1) is 0 Å². The molecule has 0 radical (unpaired) electrons. The molecule has 8 nitrogen and oxygen atoms in total. The van der Waals surface area contributed by atoms with Crippen LogP contribution in [0.25, 0.3) is 0 Å². The van der Waals surface area contributed by atoms with Gasteiger partial charge in [0.2, 0.25) is 17.7 Å². The molecule has 0 aliphatic carbocycles. The third-order valence-corrected chi connectivity index (χ3v) is 9.32. The van der Waals surface area contributed by atoms with Gasteiger partial charge in [0.25, 0.3) is 0 Å². The summed E-state index contributed by atoms with van der Waals surface area (Å²) >= 11 is 6.46. The van der Waals surface area contributed by atoms with E-state index in [4.69, 9.17) is 16.3 Å². The highest BCUT2D eigenvalue weighted by Gasteiger charge is 2.79. The number of carbonyl (C=O) groups excluding carboxylic acids is 3. The summed E-state index contributed by atoms with van der Waals surface area (Å²) in [6.07, 6.45) is 2.04. The number of benzene rings is 2. The summed E-state index contributed by atoms with van der Waals surface area (Å²) in [6.45, 7) is 7.52. The van der Waals surface area contributed by atoms with Gasteiger partial charge in [-0.05, 0) is 62.3 Å². The molecule has 6 atom stereocenters. The van der Waals surface area contributed by atoms with Gasteiger partial charge >= 0.3 is 0 Å². The zero-order valence-corrected chi connectivity index (χ0v) is 24.2. The second kappa shape index (κ2) is 10.8. The monoisotopic (exact) mass is 567 g/mol. The van der Waals surface area contributed by atoms with Crippen molar-refractivity contribution in [2.45, 2.75) is 76.7 Å². The smallest absolute Gasteiger partial charge is 0.250 e. The standard InChI is InChI=1S/C31H38ClN3O5/c1-5-30-14-15-31(40-30)24(23(30)27(37)33-20-11-7-6-8-12-20)29(39)35(21(17-36)16-18(2)3)26(31)28(38)34-25-19(4)10-9-13-22(25)32/h6-13,18,21,23-24,26,36H,5,14-17H2,1-4H3,(H,33,37)(H,34,38)/t21-,23-,24+,26?,30+,31?/m1/s1. The fourth-order valence-corrected chi connectivity index (χ4v) is 7.56. The largest absolute Gasteiger partial charge is 0.394 e. The van der Waals surface area contributed by atoms with Gasteiger partial charge < -0.3 is 25.4 Å². The van der Waals surface area contributed by atoms with Crippen LogP contribution in [0.1, 0.15) is 52.0 Å². The van der Waals surface area contributed by atoms with Gasteiger partial charge in [0.1, 0.15) is 11.6 Å². The number of aliphatic hydroxyl groups is 1. The summed E-state index contributed by atoms with van der Waals surface area (Å²) < 4.78 is 6.83. The van der Waals surface area contributed by atoms with E-state index in [1.165, 1.54) is 4.90 Å². The Kier molecular flexibility index (Phi) is 7.72. The first-order chi connectivity index (χ1) is 19.1. The van der Waals surface area contributed by atoms with Crippen molar-refractivity contribution in [1.29, 1.82) is 0 Å². The third kappa shape index (κ3) is 4.50. The second-order valence-corrected chi connectivity index (χ2v) is 12.2. The van der Waals surface area contributed by atoms with Crippen LogP contribution in [0.3, 0.4) is 0 Å². The third-order valence-electron chi connectivity index (χ3n) is 9.01. The lowest BCUT2D eigenvalue weighted by Crippen LogP contribution is -2.56. The van der Waals surface area contributed by atoms with Crippen LogP contribution < -0.4 is 10.6 Å². The van der Waals surface area contributed by atoms with Gasteiger partial charge in [0.15, 0.2) is 0 Å². The number of likely N-dealkylation sites (tertiary alicyclic amines) is 1.